The highest BCUT2D eigenvalue weighted by molar-refractivity contribution is 14.1. The Morgan fingerprint density at radius 1 is 1.15 bits per heavy atom. The van der Waals surface area contributed by atoms with Gasteiger partial charge in [0.25, 0.3) is 0 Å². The second-order valence-corrected chi connectivity index (χ2v) is 10.00. The molecule has 0 atom stereocenters. The largest absolute Gasteiger partial charge is 0.340 e. The van der Waals surface area contributed by atoms with Crippen LogP contribution in [-0.2, 0) is 14.8 Å². The summed E-state index contributed by atoms with van der Waals surface area (Å²) in [4.78, 5) is 25.9. The molecule has 0 spiro atoms. The maximum atomic E-state index is 14.0. The van der Waals surface area contributed by atoms with Gasteiger partial charge in [-0.25, -0.2) is 14.4 Å². The Bertz CT molecular complexity index is 1210. The normalized spacial score (nSPS) is 15.5. The predicted molar refractivity (Wildman–Crippen MR) is 143 cm³/mol. The Morgan fingerprint density at radius 2 is 1.88 bits per heavy atom. The highest BCUT2D eigenvalue weighted by Crippen LogP contribution is 2.38. The van der Waals surface area contributed by atoms with Gasteiger partial charge in [-0.05, 0) is 62.4 Å². The number of rotatable bonds is 6. The maximum absolute atomic E-state index is 14.0. The summed E-state index contributed by atoms with van der Waals surface area (Å²) in [5.41, 5.74) is 3.60. The van der Waals surface area contributed by atoms with Crippen molar-refractivity contribution in [2.75, 3.05) is 43.9 Å². The number of aromatic nitrogens is 2. The lowest BCUT2D eigenvalue weighted by Crippen LogP contribution is -2.52. The number of carbonyl (C=O) groups excluding carboxylic acids is 1. The van der Waals surface area contributed by atoms with Gasteiger partial charge in [0.2, 0.25) is 5.91 Å². The number of halogens is 2. The predicted octanol–water partition coefficient (Wildman–Crippen LogP) is 4.89. The van der Waals surface area contributed by atoms with Crippen LogP contribution in [0.3, 0.4) is 0 Å². The molecule has 2 heterocycles. The van der Waals surface area contributed by atoms with Crippen LogP contribution in [0, 0.1) is 5.82 Å². The average molecular weight is 576 g/mol. The van der Waals surface area contributed by atoms with Crippen LogP contribution in [0.5, 0.6) is 0 Å². The van der Waals surface area contributed by atoms with Crippen molar-refractivity contribution in [2.45, 2.75) is 30.7 Å². The molecule has 1 fully saturated rings. The first-order valence-corrected chi connectivity index (χ1v) is 12.8. The Morgan fingerprint density at radius 3 is 2.56 bits per heavy atom. The first-order valence-electron chi connectivity index (χ1n) is 11.3. The number of hydrogen-bond acceptors (Lipinski definition) is 6. The molecule has 0 saturated carbocycles. The Hall–Kier alpha value is -2.37. The number of amides is 1. The number of fused-ring (bicyclic) bond motifs is 1. The Balaban J connectivity index is 1.78. The van der Waals surface area contributed by atoms with Gasteiger partial charge in [-0.1, -0.05) is 22.6 Å². The Kier molecular flexibility index (Phi) is 7.34. The number of hydrogen-bond donors (Lipinski definition) is 2. The molecule has 1 saturated heterocycles. The molecular formula is C25H30FIN6O. The molecule has 2 aromatic carbocycles. The molecule has 0 unspecified atom stereocenters. The van der Waals surface area contributed by atoms with Crippen LogP contribution in [0.4, 0.5) is 21.6 Å². The fraction of sp³-hybridized carbons (Fsp3) is 0.400. The van der Waals surface area contributed by atoms with Gasteiger partial charge in [-0.2, -0.15) is 0 Å². The van der Waals surface area contributed by atoms with Gasteiger partial charge in [-0.15, -0.1) is 0 Å². The summed E-state index contributed by atoms with van der Waals surface area (Å²) < 4.78 is 14.5. The number of piperazine rings is 1. The summed E-state index contributed by atoms with van der Waals surface area (Å²) in [6.07, 6.45) is 1.53. The molecule has 7 nitrogen and oxygen atoms in total. The molecular weight excluding hydrogens is 546 g/mol. The van der Waals surface area contributed by atoms with E-state index in [1.807, 2.05) is 12.1 Å². The third kappa shape index (κ3) is 5.16. The van der Waals surface area contributed by atoms with E-state index in [1.165, 1.54) is 19.3 Å². The lowest BCUT2D eigenvalue weighted by atomic mass is 9.88. The number of nitrogens with zero attached hydrogens (tertiary/aromatic N) is 4. The molecule has 1 aromatic heterocycles. The van der Waals surface area contributed by atoms with Crippen LogP contribution < -0.4 is 10.6 Å². The van der Waals surface area contributed by atoms with Crippen LogP contribution in [0.1, 0.15) is 31.9 Å². The summed E-state index contributed by atoms with van der Waals surface area (Å²) in [6.45, 7) is 9.79. The van der Waals surface area contributed by atoms with E-state index in [0.29, 0.717) is 15.8 Å². The minimum Gasteiger partial charge on any atom is -0.340 e. The van der Waals surface area contributed by atoms with E-state index in [-0.39, 0.29) is 17.3 Å². The van der Waals surface area contributed by atoms with E-state index in [4.69, 9.17) is 0 Å². The lowest BCUT2D eigenvalue weighted by molar-refractivity contribution is -0.114. The van der Waals surface area contributed by atoms with E-state index >= 15 is 0 Å². The van der Waals surface area contributed by atoms with E-state index in [9.17, 15) is 9.18 Å². The number of anilines is 3. The van der Waals surface area contributed by atoms with Crippen LogP contribution >= 0.6 is 22.6 Å². The zero-order chi connectivity index (χ0) is 24.5. The second-order valence-electron chi connectivity index (χ2n) is 9.23. The van der Waals surface area contributed by atoms with E-state index in [2.05, 4.69) is 73.9 Å². The minimum absolute atomic E-state index is 0.133. The molecule has 1 aliphatic heterocycles. The summed E-state index contributed by atoms with van der Waals surface area (Å²) in [6, 6.07) is 8.93. The Labute approximate surface area is 213 Å². The second kappa shape index (κ2) is 10.1. The fourth-order valence-electron chi connectivity index (χ4n) is 4.43. The molecule has 4 rings (SSSR count). The number of alkyl halides is 1. The number of nitrogens with one attached hydrogen (secondary N) is 2. The molecule has 0 aliphatic carbocycles. The van der Waals surface area contributed by atoms with Gasteiger partial charge >= 0.3 is 0 Å². The third-order valence-corrected chi connectivity index (χ3v) is 7.31. The molecule has 34 heavy (non-hydrogen) atoms. The van der Waals surface area contributed by atoms with Crippen LogP contribution in [0.15, 0.2) is 36.7 Å². The smallest absolute Gasteiger partial charge is 0.221 e. The van der Waals surface area contributed by atoms with E-state index < -0.39 is 0 Å². The lowest BCUT2D eigenvalue weighted by Gasteiger charge is -2.44. The van der Waals surface area contributed by atoms with Crippen LogP contribution in [0.25, 0.3) is 10.9 Å². The van der Waals surface area contributed by atoms with Crippen molar-refractivity contribution in [3.8, 4) is 0 Å². The van der Waals surface area contributed by atoms with Crippen molar-refractivity contribution in [1.82, 2.24) is 19.8 Å². The molecule has 2 N–H and O–H groups in total. The number of carbonyl (C=O) groups is 1. The van der Waals surface area contributed by atoms with Gasteiger partial charge in [0.1, 0.15) is 18.0 Å². The highest BCUT2D eigenvalue weighted by Gasteiger charge is 2.33. The van der Waals surface area contributed by atoms with Gasteiger partial charge in [0.05, 0.1) is 5.52 Å². The van der Waals surface area contributed by atoms with E-state index in [0.717, 1.165) is 54.0 Å². The molecule has 0 radical (unpaired) electrons. The molecule has 1 amide bonds. The molecule has 1 aliphatic rings. The third-order valence-electron chi connectivity index (χ3n) is 6.49. The van der Waals surface area contributed by atoms with Crippen molar-refractivity contribution < 1.29 is 9.18 Å². The van der Waals surface area contributed by atoms with Gasteiger partial charge in [-0.3, -0.25) is 9.69 Å². The van der Waals surface area contributed by atoms with Crippen molar-refractivity contribution in [1.29, 1.82) is 0 Å². The number of benzene rings is 2. The summed E-state index contributed by atoms with van der Waals surface area (Å²) >= 11 is 2.15. The summed E-state index contributed by atoms with van der Waals surface area (Å²) in [7, 11) is 2.14. The first kappa shape index (κ1) is 24.7. The monoisotopic (exact) mass is 576 g/mol. The van der Waals surface area contributed by atoms with Crippen molar-refractivity contribution in [2.24, 2.45) is 0 Å². The SMILES string of the molecule is CC(=O)Nc1cc2c(Nc3ccc(F)c(CI)c3)ncnc2cc1C(C)(C)N1CCN(C)CC1. The topological polar surface area (TPSA) is 73.4 Å². The molecule has 3 aromatic rings. The number of likely N-dealkylation sites (N-methyl/N-ethyl adjacent to an activating group) is 1. The zero-order valence-corrected chi connectivity index (χ0v) is 22.1. The highest BCUT2D eigenvalue weighted by atomic mass is 127. The van der Waals surface area contributed by atoms with Crippen molar-refractivity contribution in [3.63, 3.8) is 0 Å². The van der Waals surface area contributed by atoms with Gasteiger partial charge in [0, 0.05) is 59.8 Å². The zero-order valence-electron chi connectivity index (χ0n) is 20.0. The fourth-order valence-corrected chi connectivity index (χ4v) is 5.01. The van der Waals surface area contributed by atoms with Crippen molar-refractivity contribution in [3.05, 3.63) is 53.6 Å². The maximum Gasteiger partial charge on any atom is 0.221 e. The quantitative estimate of drug-likeness (QED) is 0.322. The van der Waals surface area contributed by atoms with Gasteiger partial charge in [0.15, 0.2) is 0 Å². The first-order chi connectivity index (χ1) is 16.2. The molecule has 9 heteroatoms. The molecule has 180 valence electrons. The van der Waals surface area contributed by atoms with Gasteiger partial charge < -0.3 is 15.5 Å². The minimum atomic E-state index is -0.308. The van der Waals surface area contributed by atoms with Crippen LogP contribution in [-0.4, -0.2) is 58.9 Å². The van der Waals surface area contributed by atoms with E-state index in [1.54, 1.807) is 12.1 Å². The summed E-state index contributed by atoms with van der Waals surface area (Å²) in [5, 5.41) is 7.11. The average Bonchev–Trinajstić information content (AvgIpc) is 2.80. The van der Waals surface area contributed by atoms with Crippen molar-refractivity contribution >= 4 is 56.6 Å². The standard InChI is InChI=1S/C25H30FIN6O/c1-16(34)30-23-12-19-22(13-20(23)25(2,3)33-9-7-32(4)8-10-33)28-15-29-24(19)31-18-5-6-21(26)17(11-18)14-27/h5-6,11-13,15H,7-10,14H2,1-4H3,(H,30,34)(H,28,29,31). The molecule has 0 bridgehead atoms. The van der Waals surface area contributed by atoms with Crippen LogP contribution in [0.2, 0.25) is 0 Å². The summed E-state index contributed by atoms with van der Waals surface area (Å²) in [5.74, 6) is 0.245.